The molecule has 0 unspecified atom stereocenters. The molecule has 6 nitrogen and oxygen atoms in total. The van der Waals surface area contributed by atoms with E-state index in [9.17, 15) is 9.59 Å². The molecule has 0 fully saturated rings. The molecule has 0 aliphatic rings. The van der Waals surface area contributed by atoms with Gasteiger partial charge in [-0.05, 0) is 33.6 Å². The van der Waals surface area contributed by atoms with Gasteiger partial charge in [0.1, 0.15) is 0 Å². The third-order valence-corrected chi connectivity index (χ3v) is 1.89. The van der Waals surface area contributed by atoms with Gasteiger partial charge in [0.05, 0.1) is 13.1 Å². The van der Waals surface area contributed by atoms with Crippen LogP contribution in [-0.4, -0.2) is 72.2 Å². The summed E-state index contributed by atoms with van der Waals surface area (Å²) in [5.41, 5.74) is 0. The molecule has 0 heterocycles. The summed E-state index contributed by atoms with van der Waals surface area (Å²) in [6, 6.07) is 0. The summed E-state index contributed by atoms with van der Waals surface area (Å²) in [6.07, 6.45) is 0.758. The molecule has 0 spiro atoms. The monoisotopic (exact) mass is 218 g/mol. The number of hydrogen-bond acceptors (Lipinski definition) is 4. The molecule has 0 bridgehead atoms. The Morgan fingerprint density at radius 3 is 1.53 bits per heavy atom. The maximum absolute atomic E-state index is 10.3. The highest BCUT2D eigenvalue weighted by Crippen LogP contribution is 1.91. The molecule has 0 aromatic carbocycles. The van der Waals surface area contributed by atoms with Crippen molar-refractivity contribution < 1.29 is 19.8 Å². The highest BCUT2D eigenvalue weighted by Gasteiger charge is 2.06. The fraction of sp³-hybridized carbons (Fsp3) is 0.778. The van der Waals surface area contributed by atoms with Crippen LogP contribution in [0.3, 0.4) is 0 Å². The van der Waals surface area contributed by atoms with E-state index in [0.717, 1.165) is 6.42 Å². The van der Waals surface area contributed by atoms with Crippen molar-refractivity contribution in [2.24, 2.45) is 0 Å². The number of carboxylic acid groups (broad SMARTS) is 2. The second-order valence-corrected chi connectivity index (χ2v) is 3.62. The quantitative estimate of drug-likeness (QED) is 0.566. The zero-order chi connectivity index (χ0) is 11.8. The Balaban J connectivity index is 3.52. The minimum Gasteiger partial charge on any atom is -0.480 e. The molecule has 0 amide bonds. The lowest BCUT2D eigenvalue weighted by atomic mass is 10.3. The van der Waals surface area contributed by atoms with Crippen molar-refractivity contribution in [3.63, 3.8) is 0 Å². The maximum Gasteiger partial charge on any atom is 0.317 e. The summed E-state index contributed by atoms with van der Waals surface area (Å²) < 4.78 is 0. The highest BCUT2D eigenvalue weighted by atomic mass is 16.4. The largest absolute Gasteiger partial charge is 0.480 e. The van der Waals surface area contributed by atoms with Gasteiger partial charge in [0.2, 0.25) is 0 Å². The molecule has 2 N–H and O–H groups in total. The third kappa shape index (κ3) is 9.17. The zero-order valence-electron chi connectivity index (χ0n) is 9.14. The molecule has 0 aromatic heterocycles. The molecular weight excluding hydrogens is 200 g/mol. The van der Waals surface area contributed by atoms with Crippen LogP contribution in [0.15, 0.2) is 0 Å². The SMILES string of the molecule is CN(CCCN(C)CC(=O)O)CC(=O)O. The van der Waals surface area contributed by atoms with Crippen LogP contribution in [0.1, 0.15) is 6.42 Å². The average molecular weight is 218 g/mol. The first-order valence-corrected chi connectivity index (χ1v) is 4.72. The molecule has 0 saturated heterocycles. The van der Waals surface area contributed by atoms with Crippen molar-refractivity contribution in [3.05, 3.63) is 0 Å². The standard InChI is InChI=1S/C9H18N2O4/c1-10(6-8(12)13)4-3-5-11(2)7-9(14)15/h3-7H2,1-2H3,(H,12,13)(H,14,15). The first-order chi connectivity index (χ1) is 6.91. The summed E-state index contributed by atoms with van der Waals surface area (Å²) in [6.45, 7) is 1.33. The van der Waals surface area contributed by atoms with E-state index in [4.69, 9.17) is 10.2 Å². The summed E-state index contributed by atoms with van der Waals surface area (Å²) >= 11 is 0. The molecule has 88 valence electrons. The molecule has 0 rings (SSSR count). The molecule has 15 heavy (non-hydrogen) atoms. The van der Waals surface area contributed by atoms with Crippen molar-refractivity contribution in [1.82, 2.24) is 9.80 Å². The number of nitrogens with zero attached hydrogens (tertiary/aromatic N) is 2. The number of carboxylic acids is 2. The van der Waals surface area contributed by atoms with Crippen molar-refractivity contribution in [3.8, 4) is 0 Å². The fourth-order valence-corrected chi connectivity index (χ4v) is 1.23. The van der Waals surface area contributed by atoms with Crippen LogP contribution >= 0.6 is 0 Å². The van der Waals surface area contributed by atoms with Crippen LogP contribution < -0.4 is 0 Å². The Hall–Kier alpha value is -1.14. The van der Waals surface area contributed by atoms with E-state index in [1.165, 1.54) is 0 Å². The number of rotatable bonds is 8. The Bertz CT molecular complexity index is 198. The molecule has 0 aromatic rings. The zero-order valence-corrected chi connectivity index (χ0v) is 9.14. The smallest absolute Gasteiger partial charge is 0.317 e. The Labute approximate surface area is 89.1 Å². The lowest BCUT2D eigenvalue weighted by Crippen LogP contribution is -2.31. The Morgan fingerprint density at radius 1 is 0.933 bits per heavy atom. The average Bonchev–Trinajstić information content (AvgIpc) is 2.00. The van der Waals surface area contributed by atoms with E-state index < -0.39 is 11.9 Å². The minimum absolute atomic E-state index is 0.0165. The predicted octanol–water partition coefficient (Wildman–Crippen LogP) is -0.591. The Morgan fingerprint density at radius 2 is 1.27 bits per heavy atom. The van der Waals surface area contributed by atoms with E-state index in [1.807, 2.05) is 0 Å². The molecule has 0 aliphatic carbocycles. The van der Waals surface area contributed by atoms with Crippen molar-refractivity contribution >= 4 is 11.9 Å². The van der Waals surface area contributed by atoms with Gasteiger partial charge in [-0.15, -0.1) is 0 Å². The molecule has 0 atom stereocenters. The van der Waals surface area contributed by atoms with E-state index in [-0.39, 0.29) is 13.1 Å². The first-order valence-electron chi connectivity index (χ1n) is 4.72. The van der Waals surface area contributed by atoms with Crippen molar-refractivity contribution in [2.45, 2.75) is 6.42 Å². The van der Waals surface area contributed by atoms with Crippen LogP contribution in [0, 0.1) is 0 Å². The lowest BCUT2D eigenvalue weighted by Gasteiger charge is -2.17. The number of carbonyl (C=O) groups is 2. The molecule has 6 heteroatoms. The number of aliphatic carboxylic acids is 2. The summed E-state index contributed by atoms with van der Waals surface area (Å²) in [4.78, 5) is 24.0. The van der Waals surface area contributed by atoms with E-state index >= 15 is 0 Å². The molecule has 0 saturated carbocycles. The minimum atomic E-state index is -0.851. The predicted molar refractivity (Wildman–Crippen MR) is 54.9 cm³/mol. The van der Waals surface area contributed by atoms with Crippen LogP contribution in [0.4, 0.5) is 0 Å². The Kier molecular flexibility index (Phi) is 6.64. The molecule has 0 radical (unpaired) electrons. The number of likely N-dealkylation sites (N-methyl/N-ethyl adjacent to an activating group) is 2. The van der Waals surface area contributed by atoms with Gasteiger partial charge >= 0.3 is 11.9 Å². The fourth-order valence-electron chi connectivity index (χ4n) is 1.23. The van der Waals surface area contributed by atoms with Gasteiger partial charge in [-0.2, -0.15) is 0 Å². The van der Waals surface area contributed by atoms with E-state index in [0.29, 0.717) is 13.1 Å². The van der Waals surface area contributed by atoms with E-state index in [1.54, 1.807) is 23.9 Å². The van der Waals surface area contributed by atoms with Gasteiger partial charge in [0.15, 0.2) is 0 Å². The van der Waals surface area contributed by atoms with Crippen LogP contribution in [0.25, 0.3) is 0 Å². The summed E-state index contributed by atoms with van der Waals surface area (Å²) in [7, 11) is 3.45. The lowest BCUT2D eigenvalue weighted by molar-refractivity contribution is -0.138. The topological polar surface area (TPSA) is 81.1 Å². The van der Waals surface area contributed by atoms with Crippen LogP contribution in [0.5, 0.6) is 0 Å². The number of hydrogen-bond donors (Lipinski definition) is 2. The maximum atomic E-state index is 10.3. The van der Waals surface area contributed by atoms with Gasteiger partial charge in [0, 0.05) is 0 Å². The molecule has 0 aliphatic heterocycles. The first kappa shape index (κ1) is 13.9. The normalized spacial score (nSPS) is 10.9. The van der Waals surface area contributed by atoms with Crippen molar-refractivity contribution in [2.75, 3.05) is 40.3 Å². The third-order valence-electron chi connectivity index (χ3n) is 1.89. The summed E-state index contributed by atoms with van der Waals surface area (Å²) in [5, 5.41) is 17.0. The molecular formula is C9H18N2O4. The van der Waals surface area contributed by atoms with Gasteiger partial charge in [-0.25, -0.2) is 0 Å². The van der Waals surface area contributed by atoms with Gasteiger partial charge in [-0.3, -0.25) is 19.4 Å². The second-order valence-electron chi connectivity index (χ2n) is 3.62. The summed E-state index contributed by atoms with van der Waals surface area (Å²) in [5.74, 6) is -1.70. The van der Waals surface area contributed by atoms with E-state index in [2.05, 4.69) is 0 Å². The van der Waals surface area contributed by atoms with Gasteiger partial charge in [-0.1, -0.05) is 0 Å². The van der Waals surface area contributed by atoms with Gasteiger partial charge < -0.3 is 10.2 Å². The highest BCUT2D eigenvalue weighted by molar-refractivity contribution is 5.69. The van der Waals surface area contributed by atoms with Crippen LogP contribution in [0.2, 0.25) is 0 Å². The van der Waals surface area contributed by atoms with Gasteiger partial charge in [0.25, 0.3) is 0 Å². The second kappa shape index (κ2) is 7.19. The van der Waals surface area contributed by atoms with Crippen LogP contribution in [-0.2, 0) is 9.59 Å². The van der Waals surface area contributed by atoms with Crippen molar-refractivity contribution in [1.29, 1.82) is 0 Å².